The first-order valence-corrected chi connectivity index (χ1v) is 16.1. The van der Waals surface area contributed by atoms with E-state index in [2.05, 4.69) is 41.3 Å². The van der Waals surface area contributed by atoms with E-state index in [9.17, 15) is 9.59 Å². The lowest BCUT2D eigenvalue weighted by Crippen LogP contribution is -2.79. The van der Waals surface area contributed by atoms with E-state index in [0.29, 0.717) is 18.6 Å². The van der Waals surface area contributed by atoms with Crippen molar-refractivity contribution < 1.29 is 23.8 Å². The van der Waals surface area contributed by atoms with Crippen LogP contribution in [0.2, 0.25) is 0 Å². The van der Waals surface area contributed by atoms with Crippen molar-refractivity contribution in [2.45, 2.75) is 75.2 Å². The van der Waals surface area contributed by atoms with Gasteiger partial charge < -0.3 is 19.1 Å². The lowest BCUT2D eigenvalue weighted by atomic mass is 9.48. The van der Waals surface area contributed by atoms with Gasteiger partial charge in [0.05, 0.1) is 24.6 Å². The van der Waals surface area contributed by atoms with E-state index >= 15 is 0 Å². The summed E-state index contributed by atoms with van der Waals surface area (Å²) in [6.45, 7) is 5.31. The summed E-state index contributed by atoms with van der Waals surface area (Å²) in [5.41, 5.74) is 4.40. The van der Waals surface area contributed by atoms with Gasteiger partial charge in [-0.2, -0.15) is 0 Å². The summed E-state index contributed by atoms with van der Waals surface area (Å²) in [5.74, 6) is 1.09. The van der Waals surface area contributed by atoms with Crippen molar-refractivity contribution >= 4 is 18.0 Å². The molecule has 2 aliphatic heterocycles. The Morgan fingerprint density at radius 3 is 2.67 bits per heavy atom. The minimum absolute atomic E-state index is 0.0000177. The van der Waals surface area contributed by atoms with Crippen LogP contribution in [0, 0.1) is 6.92 Å². The van der Waals surface area contributed by atoms with Crippen molar-refractivity contribution in [2.75, 3.05) is 27.2 Å². The molecule has 2 fully saturated rings. The van der Waals surface area contributed by atoms with Gasteiger partial charge in [-0.25, -0.2) is 0 Å². The van der Waals surface area contributed by atoms with Crippen LogP contribution in [-0.4, -0.2) is 72.7 Å². The second kappa shape index (κ2) is 11.4. The number of likely N-dealkylation sites (tertiary alicyclic amines) is 1. The zero-order valence-electron chi connectivity index (χ0n) is 26.6. The summed E-state index contributed by atoms with van der Waals surface area (Å²) in [4.78, 5) is 31.1. The van der Waals surface area contributed by atoms with Crippen LogP contribution in [0.1, 0.15) is 54.0 Å². The monoisotopic (exact) mass is 606 g/mol. The maximum Gasteiger partial charge on any atom is 0.303 e. The van der Waals surface area contributed by atoms with Crippen LogP contribution in [0.15, 0.2) is 72.8 Å². The number of methoxy groups -OCH3 is 1. The second-order valence-electron chi connectivity index (χ2n) is 13.2. The van der Waals surface area contributed by atoms with Crippen LogP contribution in [0.5, 0.6) is 11.5 Å². The highest BCUT2D eigenvalue weighted by Crippen LogP contribution is 2.67. The third-order valence-corrected chi connectivity index (χ3v) is 10.9. The average molecular weight is 607 g/mol. The van der Waals surface area contributed by atoms with Crippen molar-refractivity contribution in [1.29, 1.82) is 0 Å². The summed E-state index contributed by atoms with van der Waals surface area (Å²) >= 11 is 0. The highest BCUT2D eigenvalue weighted by molar-refractivity contribution is 5.92. The lowest BCUT2D eigenvalue weighted by Gasteiger charge is -2.65. The fourth-order valence-corrected chi connectivity index (χ4v) is 8.99. The topological polar surface area (TPSA) is 68.3 Å². The summed E-state index contributed by atoms with van der Waals surface area (Å²) in [5, 5.41) is 0. The van der Waals surface area contributed by atoms with Gasteiger partial charge in [0, 0.05) is 32.2 Å². The van der Waals surface area contributed by atoms with Crippen LogP contribution >= 0.6 is 0 Å². The molecule has 1 saturated carbocycles. The molecule has 1 amide bonds. The van der Waals surface area contributed by atoms with Crippen molar-refractivity contribution in [3.8, 4) is 11.5 Å². The Bertz CT molecular complexity index is 1650. The van der Waals surface area contributed by atoms with Gasteiger partial charge in [0.25, 0.3) is 0 Å². The quantitative estimate of drug-likeness (QED) is 0.249. The molecule has 2 heterocycles. The number of carbonyl (C=O) groups is 2. The number of aryl methyl sites for hydroxylation is 1. The van der Waals surface area contributed by atoms with Crippen molar-refractivity contribution in [1.82, 2.24) is 9.80 Å². The molecule has 0 unspecified atom stereocenters. The number of piperidine rings is 1. The maximum atomic E-state index is 13.7. The van der Waals surface area contributed by atoms with Crippen molar-refractivity contribution in [2.24, 2.45) is 0 Å². The summed E-state index contributed by atoms with van der Waals surface area (Å²) in [6.07, 6.45) is 6.93. The normalized spacial score (nSPS) is 27.9. The molecular weight excluding hydrogens is 564 g/mol. The zero-order chi connectivity index (χ0) is 31.3. The molecule has 2 aliphatic carbocycles. The SMILES string of the molecule is COc1ccc2c3c1O[C@H]1[C@H](N(C)C(=O)C=Cc4cccc(C)c4)CC[C@@]4(OC(C)=O)[C@@H](C2)N(CCc2ccccc2)CC[C@]314. The number of esters is 1. The number of benzene rings is 3. The molecule has 1 spiro atoms. The molecule has 234 valence electrons. The van der Waals surface area contributed by atoms with Gasteiger partial charge >= 0.3 is 5.97 Å². The minimum atomic E-state index is -0.777. The number of hydrogen-bond acceptors (Lipinski definition) is 6. The Balaban J connectivity index is 1.28. The summed E-state index contributed by atoms with van der Waals surface area (Å²) in [7, 11) is 3.55. The summed E-state index contributed by atoms with van der Waals surface area (Å²) < 4.78 is 19.5. The standard InChI is InChI=1S/C38H42N2O5/c1-25-9-8-12-28(23-25)13-16-33(42)39(3)30-17-19-38(45-26(2)41)32-24-29-14-15-31(43-4)35-34(29)37(38,36(30)44-35)20-22-40(32)21-18-27-10-6-5-7-11-27/h5-16,23,30,32,36H,17-22,24H2,1-4H3/t30-,32-,36+,37+,38-/m1/s1. The van der Waals surface area contributed by atoms with Gasteiger partial charge in [-0.15, -0.1) is 0 Å². The van der Waals surface area contributed by atoms with Gasteiger partial charge in [0.2, 0.25) is 5.91 Å². The smallest absolute Gasteiger partial charge is 0.303 e. The molecule has 3 aromatic carbocycles. The number of ether oxygens (including phenoxy) is 3. The predicted octanol–water partition coefficient (Wildman–Crippen LogP) is 5.51. The van der Waals surface area contributed by atoms with E-state index in [1.165, 1.54) is 18.1 Å². The second-order valence-corrected chi connectivity index (χ2v) is 13.2. The number of amides is 1. The first-order chi connectivity index (χ1) is 21.8. The van der Waals surface area contributed by atoms with E-state index in [0.717, 1.165) is 54.8 Å². The van der Waals surface area contributed by atoms with E-state index in [-0.39, 0.29) is 30.1 Å². The van der Waals surface area contributed by atoms with Gasteiger partial charge in [-0.05, 0) is 74.4 Å². The Labute approximate surface area is 265 Å². The number of rotatable bonds is 8. The number of hydrogen-bond donors (Lipinski definition) is 0. The third kappa shape index (κ3) is 4.66. The average Bonchev–Trinajstić information content (AvgIpc) is 3.38. The molecule has 2 bridgehead atoms. The van der Waals surface area contributed by atoms with Crippen LogP contribution in [0.4, 0.5) is 0 Å². The van der Waals surface area contributed by atoms with Crippen LogP contribution in [-0.2, 0) is 32.6 Å². The Kier molecular flexibility index (Phi) is 7.47. The molecule has 3 aromatic rings. The number of nitrogens with zero attached hydrogens (tertiary/aromatic N) is 2. The fraction of sp³-hybridized carbons (Fsp3) is 0.421. The molecule has 45 heavy (non-hydrogen) atoms. The zero-order valence-corrected chi connectivity index (χ0v) is 26.6. The van der Waals surface area contributed by atoms with Crippen molar-refractivity contribution in [3.63, 3.8) is 0 Å². The molecule has 4 aliphatic rings. The molecular formula is C38H42N2O5. The molecule has 7 rings (SSSR count). The molecule has 0 aromatic heterocycles. The predicted molar refractivity (Wildman–Crippen MR) is 173 cm³/mol. The van der Waals surface area contributed by atoms with Crippen LogP contribution in [0.25, 0.3) is 6.08 Å². The largest absolute Gasteiger partial charge is 0.493 e. The minimum Gasteiger partial charge on any atom is -0.493 e. The maximum absolute atomic E-state index is 13.7. The molecule has 0 N–H and O–H groups in total. The number of likely N-dealkylation sites (N-methyl/N-ethyl adjacent to an activating group) is 1. The molecule has 5 atom stereocenters. The van der Waals surface area contributed by atoms with Crippen LogP contribution < -0.4 is 9.47 Å². The lowest BCUT2D eigenvalue weighted by molar-refractivity contribution is -0.223. The summed E-state index contributed by atoms with van der Waals surface area (Å²) in [6, 6.07) is 22.6. The molecule has 7 heteroatoms. The molecule has 7 nitrogen and oxygen atoms in total. The van der Waals surface area contributed by atoms with Gasteiger partial charge in [-0.3, -0.25) is 14.5 Å². The number of carbonyl (C=O) groups excluding carboxylic acids is 2. The first kappa shape index (κ1) is 29.6. The Hall–Kier alpha value is -4.10. The molecule has 0 radical (unpaired) electrons. The Morgan fingerprint density at radius 1 is 1.09 bits per heavy atom. The first-order valence-electron chi connectivity index (χ1n) is 16.1. The van der Waals surface area contributed by atoms with Gasteiger partial charge in [-0.1, -0.05) is 66.2 Å². The molecule has 1 saturated heterocycles. The van der Waals surface area contributed by atoms with Crippen LogP contribution in [0.3, 0.4) is 0 Å². The van der Waals surface area contributed by atoms with E-state index in [1.807, 2.05) is 55.3 Å². The Morgan fingerprint density at radius 2 is 1.91 bits per heavy atom. The van der Waals surface area contributed by atoms with E-state index < -0.39 is 11.0 Å². The van der Waals surface area contributed by atoms with Gasteiger partial charge in [0.15, 0.2) is 11.5 Å². The van der Waals surface area contributed by atoms with Crippen molar-refractivity contribution in [3.05, 3.63) is 101 Å². The van der Waals surface area contributed by atoms with Gasteiger partial charge in [0.1, 0.15) is 11.7 Å². The van der Waals surface area contributed by atoms with E-state index in [1.54, 1.807) is 13.2 Å². The highest BCUT2D eigenvalue weighted by Gasteiger charge is 2.75. The highest BCUT2D eigenvalue weighted by atomic mass is 16.6. The van der Waals surface area contributed by atoms with E-state index in [4.69, 9.17) is 14.2 Å². The fourth-order valence-electron chi connectivity index (χ4n) is 8.99. The third-order valence-electron chi connectivity index (χ3n) is 10.9.